The van der Waals surface area contributed by atoms with Gasteiger partial charge in [-0.05, 0) is 6.92 Å². The van der Waals surface area contributed by atoms with Crippen LogP contribution >= 0.6 is 0 Å². The van der Waals surface area contributed by atoms with Crippen LogP contribution in [0.2, 0.25) is 0 Å². The molecule has 0 N–H and O–H groups in total. The van der Waals surface area contributed by atoms with Gasteiger partial charge in [-0.15, -0.1) is 0 Å². The summed E-state index contributed by atoms with van der Waals surface area (Å²) in [7, 11) is 0. The van der Waals surface area contributed by atoms with Gasteiger partial charge >= 0.3 is 6.61 Å². The molecule has 0 amide bonds. The number of morpholine rings is 1. The van der Waals surface area contributed by atoms with E-state index in [0.717, 1.165) is 0 Å². The second-order valence-electron chi connectivity index (χ2n) is 6.11. The predicted molar refractivity (Wildman–Crippen MR) is 80.8 cm³/mol. The second kappa shape index (κ2) is 6.48. The third-order valence-electron chi connectivity index (χ3n) is 4.14. The summed E-state index contributed by atoms with van der Waals surface area (Å²) in [5, 5.41) is 11.4. The number of benzene rings is 1. The first-order valence-electron chi connectivity index (χ1n) is 7.61. The van der Waals surface area contributed by atoms with Gasteiger partial charge in [0, 0.05) is 37.2 Å². The molecule has 3 rings (SSSR count). The van der Waals surface area contributed by atoms with Gasteiger partial charge in [-0.25, -0.2) is 0 Å². The van der Waals surface area contributed by atoms with Gasteiger partial charge in [0.1, 0.15) is 17.0 Å². The maximum absolute atomic E-state index is 12.3. The Hall–Kier alpha value is -2.00. The standard InChI is InChI=1S/C15H18F2N2O5/c1-15(9-23-14(16)17)8-10-6-12(19(20)21)11(7-13(10)24-15)18-2-4-22-5-3-18/h6-7,14H,2-5,8-9H2,1H3. The fraction of sp³-hybridized carbons (Fsp3) is 0.600. The molecule has 0 bridgehead atoms. The molecule has 7 nitrogen and oxygen atoms in total. The van der Waals surface area contributed by atoms with Gasteiger partial charge in [0.2, 0.25) is 0 Å². The average molecular weight is 344 g/mol. The van der Waals surface area contributed by atoms with Crippen LogP contribution in [0.25, 0.3) is 0 Å². The Morgan fingerprint density at radius 1 is 1.42 bits per heavy atom. The van der Waals surface area contributed by atoms with Crippen LogP contribution in [-0.4, -0.2) is 50.0 Å². The summed E-state index contributed by atoms with van der Waals surface area (Å²) in [6.07, 6.45) is 0.277. The van der Waals surface area contributed by atoms with Crippen molar-refractivity contribution in [2.75, 3.05) is 37.8 Å². The zero-order valence-corrected chi connectivity index (χ0v) is 13.2. The minimum Gasteiger partial charge on any atom is -0.484 e. The molecule has 0 saturated carbocycles. The van der Waals surface area contributed by atoms with E-state index in [0.29, 0.717) is 43.3 Å². The summed E-state index contributed by atoms with van der Waals surface area (Å²) >= 11 is 0. The van der Waals surface area contributed by atoms with Gasteiger partial charge in [-0.1, -0.05) is 0 Å². The van der Waals surface area contributed by atoms with Crippen LogP contribution in [0.3, 0.4) is 0 Å². The van der Waals surface area contributed by atoms with E-state index in [1.54, 1.807) is 13.0 Å². The summed E-state index contributed by atoms with van der Waals surface area (Å²) in [6, 6.07) is 3.08. The van der Waals surface area contributed by atoms with E-state index in [4.69, 9.17) is 9.47 Å². The second-order valence-corrected chi connectivity index (χ2v) is 6.11. The third kappa shape index (κ3) is 3.41. The SMILES string of the molecule is CC1(COC(F)F)Cc2cc([N+](=O)[O-])c(N3CCOCC3)cc2O1. The Bertz CT molecular complexity index is 637. The first kappa shape index (κ1) is 16.8. The Morgan fingerprint density at radius 3 is 2.75 bits per heavy atom. The van der Waals surface area contributed by atoms with Gasteiger partial charge in [-0.3, -0.25) is 10.1 Å². The molecule has 0 spiro atoms. The van der Waals surface area contributed by atoms with E-state index in [2.05, 4.69) is 4.74 Å². The van der Waals surface area contributed by atoms with Crippen molar-refractivity contribution < 1.29 is 27.9 Å². The Kier molecular flexibility index (Phi) is 4.55. The van der Waals surface area contributed by atoms with E-state index in [1.807, 2.05) is 4.90 Å². The number of ether oxygens (including phenoxy) is 3. The predicted octanol–water partition coefficient (Wildman–Crippen LogP) is 2.36. The van der Waals surface area contributed by atoms with Crippen molar-refractivity contribution in [1.29, 1.82) is 0 Å². The number of halogens is 2. The minimum absolute atomic E-state index is 0.0155. The summed E-state index contributed by atoms with van der Waals surface area (Å²) in [6.45, 7) is 0.559. The van der Waals surface area contributed by atoms with Crippen LogP contribution in [-0.2, 0) is 15.9 Å². The lowest BCUT2D eigenvalue weighted by Crippen LogP contribution is -2.37. The van der Waals surface area contributed by atoms with Gasteiger partial charge in [0.05, 0.1) is 24.7 Å². The van der Waals surface area contributed by atoms with E-state index in [-0.39, 0.29) is 18.7 Å². The van der Waals surface area contributed by atoms with Crippen LogP contribution in [0.1, 0.15) is 12.5 Å². The van der Waals surface area contributed by atoms with Crippen LogP contribution < -0.4 is 9.64 Å². The topological polar surface area (TPSA) is 74.1 Å². The molecule has 2 aliphatic heterocycles. The fourth-order valence-electron chi connectivity index (χ4n) is 3.06. The zero-order chi connectivity index (χ0) is 17.3. The molecule has 1 aromatic rings. The fourth-order valence-corrected chi connectivity index (χ4v) is 3.06. The van der Waals surface area contributed by atoms with E-state index in [1.165, 1.54) is 6.07 Å². The van der Waals surface area contributed by atoms with E-state index < -0.39 is 17.1 Å². The third-order valence-corrected chi connectivity index (χ3v) is 4.14. The van der Waals surface area contributed by atoms with Crippen molar-refractivity contribution in [3.8, 4) is 5.75 Å². The molecule has 24 heavy (non-hydrogen) atoms. The number of hydrogen-bond acceptors (Lipinski definition) is 6. The number of nitrogens with zero attached hydrogens (tertiary/aromatic N) is 2. The molecular formula is C15H18F2N2O5. The first-order valence-corrected chi connectivity index (χ1v) is 7.61. The lowest BCUT2D eigenvalue weighted by molar-refractivity contribution is -0.384. The van der Waals surface area contributed by atoms with E-state index >= 15 is 0 Å². The van der Waals surface area contributed by atoms with Crippen molar-refractivity contribution in [3.63, 3.8) is 0 Å². The van der Waals surface area contributed by atoms with E-state index in [9.17, 15) is 18.9 Å². The quantitative estimate of drug-likeness (QED) is 0.603. The summed E-state index contributed by atoms with van der Waals surface area (Å²) in [5.74, 6) is 0.474. The highest BCUT2D eigenvalue weighted by Gasteiger charge is 2.38. The number of nitro groups is 1. The Balaban J connectivity index is 1.88. The molecule has 0 radical (unpaired) electrons. The molecule has 2 aliphatic rings. The van der Waals surface area contributed by atoms with Crippen LogP contribution in [0.5, 0.6) is 5.75 Å². The monoisotopic (exact) mass is 344 g/mol. The molecule has 132 valence electrons. The number of alkyl halides is 2. The maximum atomic E-state index is 12.3. The molecule has 1 unspecified atom stereocenters. The first-order chi connectivity index (χ1) is 11.4. The smallest absolute Gasteiger partial charge is 0.345 e. The molecule has 1 saturated heterocycles. The molecule has 1 atom stereocenters. The summed E-state index contributed by atoms with van der Waals surface area (Å²) in [5.41, 5.74) is 0.106. The average Bonchev–Trinajstić information content (AvgIpc) is 2.88. The van der Waals surface area contributed by atoms with Crippen molar-refractivity contribution in [2.45, 2.75) is 25.6 Å². The lowest BCUT2D eigenvalue weighted by atomic mass is 9.99. The van der Waals surface area contributed by atoms with Gasteiger partial charge < -0.3 is 19.1 Å². The largest absolute Gasteiger partial charge is 0.484 e. The van der Waals surface area contributed by atoms with Crippen LogP contribution in [0.15, 0.2) is 12.1 Å². The molecule has 1 aromatic carbocycles. The molecule has 1 fully saturated rings. The molecule has 9 heteroatoms. The van der Waals surface area contributed by atoms with Crippen LogP contribution in [0, 0.1) is 10.1 Å². The number of nitro benzene ring substituents is 1. The maximum Gasteiger partial charge on any atom is 0.345 e. The van der Waals surface area contributed by atoms with Gasteiger partial charge in [0.15, 0.2) is 0 Å². The molecule has 0 aliphatic carbocycles. The van der Waals surface area contributed by atoms with Gasteiger partial charge in [-0.2, -0.15) is 8.78 Å². The minimum atomic E-state index is -2.88. The van der Waals surface area contributed by atoms with Crippen molar-refractivity contribution in [1.82, 2.24) is 0 Å². The van der Waals surface area contributed by atoms with Gasteiger partial charge in [0.25, 0.3) is 5.69 Å². The molecular weight excluding hydrogens is 326 g/mol. The normalized spacial score (nSPS) is 23.2. The number of fused-ring (bicyclic) bond motifs is 1. The summed E-state index contributed by atoms with van der Waals surface area (Å²) < 4.78 is 40.0. The van der Waals surface area contributed by atoms with Crippen molar-refractivity contribution >= 4 is 11.4 Å². The molecule has 2 heterocycles. The van der Waals surface area contributed by atoms with Crippen LogP contribution in [0.4, 0.5) is 20.2 Å². The zero-order valence-electron chi connectivity index (χ0n) is 13.2. The highest BCUT2D eigenvalue weighted by atomic mass is 19.3. The molecule has 0 aromatic heterocycles. The number of rotatable bonds is 5. The van der Waals surface area contributed by atoms with Crippen molar-refractivity contribution in [2.24, 2.45) is 0 Å². The Labute approximate surface area is 137 Å². The number of anilines is 1. The highest BCUT2D eigenvalue weighted by molar-refractivity contribution is 5.69. The lowest BCUT2D eigenvalue weighted by Gasteiger charge is -2.28. The highest BCUT2D eigenvalue weighted by Crippen LogP contribution is 2.42. The number of hydrogen-bond donors (Lipinski definition) is 0. The Morgan fingerprint density at radius 2 is 2.12 bits per heavy atom. The van der Waals surface area contributed by atoms with Crippen molar-refractivity contribution in [3.05, 3.63) is 27.8 Å². The summed E-state index contributed by atoms with van der Waals surface area (Å²) in [4.78, 5) is 12.9.